The third-order valence-electron chi connectivity index (χ3n) is 4.69. The van der Waals surface area contributed by atoms with Crippen LogP contribution in [-0.2, 0) is 12.0 Å². The summed E-state index contributed by atoms with van der Waals surface area (Å²) in [6.07, 6.45) is 2.29. The molecule has 1 aromatic carbocycles. The minimum atomic E-state index is -0.0501. The number of rotatable bonds is 10. The fourth-order valence-electron chi connectivity index (χ4n) is 3.28. The van der Waals surface area contributed by atoms with Crippen LogP contribution in [0.5, 0.6) is 5.75 Å². The largest absolute Gasteiger partial charge is 0.507 e. The molecule has 0 spiro atoms. The van der Waals surface area contributed by atoms with Crippen molar-refractivity contribution in [1.29, 1.82) is 0 Å². The molecule has 0 saturated carbocycles. The number of benzene rings is 1. The van der Waals surface area contributed by atoms with Gasteiger partial charge in [-0.3, -0.25) is 4.90 Å². The maximum absolute atomic E-state index is 10.9. The quantitative estimate of drug-likeness (QED) is 0.686. The lowest BCUT2D eigenvalue weighted by Crippen LogP contribution is -2.30. The van der Waals surface area contributed by atoms with Crippen molar-refractivity contribution in [2.45, 2.75) is 52.5 Å². The predicted molar refractivity (Wildman–Crippen MR) is 113 cm³/mol. The molecule has 0 saturated heterocycles. The number of aromatic hydroxyl groups is 1. The highest BCUT2D eigenvalue weighted by atomic mass is 16.3. The van der Waals surface area contributed by atoms with Gasteiger partial charge < -0.3 is 14.9 Å². The second-order valence-corrected chi connectivity index (χ2v) is 9.16. The van der Waals surface area contributed by atoms with Crippen LogP contribution in [-0.4, -0.2) is 74.2 Å². The molecule has 4 nitrogen and oxygen atoms in total. The Morgan fingerprint density at radius 1 is 0.846 bits per heavy atom. The van der Waals surface area contributed by atoms with E-state index in [9.17, 15) is 5.11 Å². The lowest BCUT2D eigenvalue weighted by Gasteiger charge is -2.27. The molecular formula is C22H41N3O. The zero-order valence-electron chi connectivity index (χ0n) is 18.4. The number of aryl methyl sites for hydroxylation is 1. The van der Waals surface area contributed by atoms with Gasteiger partial charge in [0.2, 0.25) is 0 Å². The molecule has 0 atom stereocenters. The highest BCUT2D eigenvalue weighted by Gasteiger charge is 2.21. The van der Waals surface area contributed by atoms with Crippen LogP contribution in [0.1, 0.15) is 50.3 Å². The molecule has 150 valence electrons. The van der Waals surface area contributed by atoms with Gasteiger partial charge in [-0.1, -0.05) is 38.5 Å². The first-order valence-corrected chi connectivity index (χ1v) is 9.85. The number of phenols is 1. The van der Waals surface area contributed by atoms with Crippen LogP contribution in [0.4, 0.5) is 0 Å². The van der Waals surface area contributed by atoms with E-state index >= 15 is 0 Å². The van der Waals surface area contributed by atoms with E-state index in [1.54, 1.807) is 0 Å². The summed E-state index contributed by atoms with van der Waals surface area (Å²) in [5.41, 5.74) is 3.29. The van der Waals surface area contributed by atoms with Gasteiger partial charge in [0.25, 0.3) is 0 Å². The maximum Gasteiger partial charge on any atom is 0.123 e. The van der Waals surface area contributed by atoms with E-state index in [0.29, 0.717) is 5.75 Å². The summed E-state index contributed by atoms with van der Waals surface area (Å²) in [5.74, 6) is 0.480. The molecule has 0 heterocycles. The van der Waals surface area contributed by atoms with E-state index < -0.39 is 0 Å². The summed E-state index contributed by atoms with van der Waals surface area (Å²) in [7, 11) is 8.49. The Hall–Kier alpha value is -1.10. The average molecular weight is 364 g/mol. The third-order valence-corrected chi connectivity index (χ3v) is 4.69. The van der Waals surface area contributed by atoms with E-state index in [1.807, 2.05) is 0 Å². The zero-order chi connectivity index (χ0) is 19.9. The van der Waals surface area contributed by atoms with Crippen molar-refractivity contribution in [3.63, 3.8) is 0 Å². The number of hydrogen-bond donors (Lipinski definition) is 1. The second-order valence-electron chi connectivity index (χ2n) is 9.16. The summed E-state index contributed by atoms with van der Waals surface area (Å²) in [6, 6.07) is 4.27. The fourth-order valence-corrected chi connectivity index (χ4v) is 3.28. The maximum atomic E-state index is 10.9. The lowest BCUT2D eigenvalue weighted by atomic mass is 9.84. The minimum absolute atomic E-state index is 0.0501. The van der Waals surface area contributed by atoms with E-state index in [0.717, 1.165) is 56.7 Å². The lowest BCUT2D eigenvalue weighted by molar-refractivity contribution is 0.231. The Bertz CT molecular complexity index is 533. The monoisotopic (exact) mass is 363 g/mol. The summed E-state index contributed by atoms with van der Waals surface area (Å²) >= 11 is 0. The highest BCUT2D eigenvalue weighted by Crippen LogP contribution is 2.35. The molecule has 0 bridgehead atoms. The van der Waals surface area contributed by atoms with Crippen LogP contribution in [0.15, 0.2) is 12.1 Å². The van der Waals surface area contributed by atoms with Gasteiger partial charge in [-0.05, 0) is 85.1 Å². The van der Waals surface area contributed by atoms with Crippen molar-refractivity contribution in [1.82, 2.24) is 14.7 Å². The Balaban J connectivity index is 2.92. The van der Waals surface area contributed by atoms with Gasteiger partial charge in [-0.15, -0.1) is 0 Å². The molecule has 4 heteroatoms. The highest BCUT2D eigenvalue weighted by molar-refractivity contribution is 5.46. The minimum Gasteiger partial charge on any atom is -0.507 e. The van der Waals surface area contributed by atoms with Crippen molar-refractivity contribution in [2.24, 2.45) is 0 Å². The molecule has 0 amide bonds. The van der Waals surface area contributed by atoms with Crippen LogP contribution < -0.4 is 0 Å². The van der Waals surface area contributed by atoms with Crippen LogP contribution in [0, 0.1) is 6.92 Å². The number of phenolic OH excluding ortho intramolecular Hbond substituents is 1. The molecular weight excluding hydrogens is 322 g/mol. The number of hydrogen-bond acceptors (Lipinski definition) is 4. The molecule has 0 radical (unpaired) electrons. The summed E-state index contributed by atoms with van der Waals surface area (Å²) in [6.45, 7) is 13.7. The SMILES string of the molecule is Cc1cc(CN(CCCN(C)C)CCCN(C)C)c(O)c(C(C)(C)C)c1. The smallest absolute Gasteiger partial charge is 0.123 e. The van der Waals surface area contributed by atoms with Gasteiger partial charge in [0.1, 0.15) is 5.75 Å². The van der Waals surface area contributed by atoms with Gasteiger partial charge >= 0.3 is 0 Å². The average Bonchev–Trinajstić information content (AvgIpc) is 2.48. The standard InChI is InChI=1S/C22H41N3O/c1-18-15-19(21(26)20(16-18)22(2,3)4)17-25(13-9-11-23(5)6)14-10-12-24(7)8/h15-16,26H,9-14,17H2,1-8H3. The van der Waals surface area contributed by atoms with Gasteiger partial charge in [0.05, 0.1) is 0 Å². The van der Waals surface area contributed by atoms with Crippen molar-refractivity contribution in [2.75, 3.05) is 54.4 Å². The van der Waals surface area contributed by atoms with Crippen LogP contribution in [0.2, 0.25) is 0 Å². The van der Waals surface area contributed by atoms with Crippen molar-refractivity contribution < 1.29 is 5.11 Å². The van der Waals surface area contributed by atoms with Gasteiger partial charge in [-0.2, -0.15) is 0 Å². The molecule has 0 aromatic heterocycles. The van der Waals surface area contributed by atoms with E-state index in [-0.39, 0.29) is 5.41 Å². The van der Waals surface area contributed by atoms with Crippen molar-refractivity contribution in [3.8, 4) is 5.75 Å². The molecule has 0 fully saturated rings. The van der Waals surface area contributed by atoms with Crippen molar-refractivity contribution >= 4 is 0 Å². The van der Waals surface area contributed by atoms with E-state index in [4.69, 9.17) is 0 Å². The molecule has 0 aliphatic heterocycles. The first-order chi connectivity index (χ1) is 12.0. The fraction of sp³-hybridized carbons (Fsp3) is 0.727. The topological polar surface area (TPSA) is 30.0 Å². The Labute approximate surface area is 161 Å². The second kappa shape index (κ2) is 10.3. The van der Waals surface area contributed by atoms with E-state index in [2.05, 4.69) is 82.7 Å². The first-order valence-electron chi connectivity index (χ1n) is 9.85. The predicted octanol–water partition coefficient (Wildman–Crippen LogP) is 3.70. The van der Waals surface area contributed by atoms with E-state index in [1.165, 1.54) is 5.56 Å². The van der Waals surface area contributed by atoms with Gasteiger partial charge in [0, 0.05) is 12.1 Å². The first kappa shape index (κ1) is 22.9. The van der Waals surface area contributed by atoms with Crippen LogP contribution in [0.3, 0.4) is 0 Å². The molecule has 26 heavy (non-hydrogen) atoms. The Morgan fingerprint density at radius 3 is 1.77 bits per heavy atom. The Kier molecular flexibility index (Phi) is 9.08. The van der Waals surface area contributed by atoms with Gasteiger partial charge in [0.15, 0.2) is 0 Å². The molecule has 0 aliphatic rings. The molecule has 0 aliphatic carbocycles. The number of nitrogens with zero attached hydrogens (tertiary/aromatic N) is 3. The molecule has 0 unspecified atom stereocenters. The van der Waals surface area contributed by atoms with Crippen LogP contribution >= 0.6 is 0 Å². The van der Waals surface area contributed by atoms with Crippen molar-refractivity contribution in [3.05, 3.63) is 28.8 Å². The zero-order valence-corrected chi connectivity index (χ0v) is 18.4. The molecule has 1 aromatic rings. The van der Waals surface area contributed by atoms with Crippen LogP contribution in [0.25, 0.3) is 0 Å². The summed E-state index contributed by atoms with van der Waals surface area (Å²) in [4.78, 5) is 6.97. The molecule has 1 N–H and O–H groups in total. The Morgan fingerprint density at radius 2 is 1.35 bits per heavy atom. The molecule has 1 rings (SSSR count). The summed E-state index contributed by atoms with van der Waals surface area (Å²) in [5, 5.41) is 10.9. The normalized spacial score (nSPS) is 12.6. The van der Waals surface area contributed by atoms with Gasteiger partial charge in [-0.25, -0.2) is 0 Å². The third kappa shape index (κ3) is 8.07. The summed E-state index contributed by atoms with van der Waals surface area (Å²) < 4.78 is 0.